The first-order chi connectivity index (χ1) is 13.2. The van der Waals surface area contributed by atoms with Crippen molar-refractivity contribution in [1.82, 2.24) is 0 Å². The van der Waals surface area contributed by atoms with Crippen LogP contribution in [-0.4, -0.2) is 3.81 Å². The summed E-state index contributed by atoms with van der Waals surface area (Å²) in [7, 11) is 0. The van der Waals surface area contributed by atoms with E-state index in [9.17, 15) is 0 Å². The Labute approximate surface area is 169 Å². The zero-order valence-electron chi connectivity index (χ0n) is 16.5. The fraction of sp³-hybridized carbons (Fsp3) is 0.346. The van der Waals surface area contributed by atoms with E-state index in [1.807, 2.05) is 3.81 Å². The average molecular weight is 388 g/mol. The molecular formula is C26H28Ti. The Bertz CT molecular complexity index is 943. The molecule has 1 heteroatoms. The normalized spacial score (nSPS) is 18.4. The molecule has 0 aliphatic heterocycles. The second kappa shape index (κ2) is 7.15. The van der Waals surface area contributed by atoms with E-state index in [1.165, 1.54) is 60.8 Å². The number of benzene rings is 2. The van der Waals surface area contributed by atoms with Gasteiger partial charge in [0.05, 0.1) is 0 Å². The van der Waals surface area contributed by atoms with Gasteiger partial charge in [0.1, 0.15) is 0 Å². The zero-order valence-corrected chi connectivity index (χ0v) is 18.1. The molecule has 136 valence electrons. The van der Waals surface area contributed by atoms with Gasteiger partial charge in [-0.05, 0) is 0 Å². The summed E-state index contributed by atoms with van der Waals surface area (Å²) in [6.45, 7) is 4.47. The van der Waals surface area contributed by atoms with E-state index in [2.05, 4.69) is 68.5 Å². The molecule has 27 heavy (non-hydrogen) atoms. The van der Waals surface area contributed by atoms with Crippen LogP contribution in [0.2, 0.25) is 0 Å². The average Bonchev–Trinajstić information content (AvgIpc) is 3.31. The minimum atomic E-state index is -1.57. The van der Waals surface area contributed by atoms with Crippen LogP contribution in [0.4, 0.5) is 0 Å². The number of hydrogen-bond donors (Lipinski definition) is 0. The van der Waals surface area contributed by atoms with Crippen molar-refractivity contribution in [1.29, 1.82) is 0 Å². The third-order valence-electron chi connectivity index (χ3n) is 6.57. The van der Waals surface area contributed by atoms with Crippen LogP contribution in [0.5, 0.6) is 0 Å². The summed E-state index contributed by atoms with van der Waals surface area (Å²) in [6.07, 6.45) is 15.4. The summed E-state index contributed by atoms with van der Waals surface area (Å²) in [5.41, 5.74) is 9.06. The van der Waals surface area contributed by atoms with Crippen LogP contribution in [0, 0.1) is 13.8 Å². The molecule has 1 saturated carbocycles. The van der Waals surface area contributed by atoms with Gasteiger partial charge >= 0.3 is 170 Å². The fourth-order valence-corrected chi connectivity index (χ4v) is 11.3. The number of allylic oxidation sites excluding steroid dienone is 4. The molecule has 0 radical (unpaired) electrons. The van der Waals surface area contributed by atoms with Gasteiger partial charge in [0.2, 0.25) is 0 Å². The predicted molar refractivity (Wildman–Crippen MR) is 113 cm³/mol. The Hall–Kier alpha value is -1.50. The van der Waals surface area contributed by atoms with Gasteiger partial charge in [-0.3, -0.25) is 0 Å². The van der Waals surface area contributed by atoms with Crippen molar-refractivity contribution in [3.05, 3.63) is 80.8 Å². The maximum absolute atomic E-state index is 2.48. The summed E-state index contributed by atoms with van der Waals surface area (Å²) in [6, 6.07) is 14.5. The third-order valence-corrected chi connectivity index (χ3v) is 12.1. The van der Waals surface area contributed by atoms with Crippen molar-refractivity contribution in [2.24, 2.45) is 0 Å². The van der Waals surface area contributed by atoms with Crippen LogP contribution in [0.15, 0.2) is 58.5 Å². The van der Waals surface area contributed by atoms with Crippen molar-refractivity contribution in [3.63, 3.8) is 0 Å². The summed E-state index contributed by atoms with van der Waals surface area (Å²) in [4.78, 5) is 0. The van der Waals surface area contributed by atoms with Crippen molar-refractivity contribution in [3.8, 4) is 11.1 Å². The molecule has 0 atom stereocenters. The van der Waals surface area contributed by atoms with Crippen LogP contribution < -0.4 is 0 Å². The van der Waals surface area contributed by atoms with E-state index < -0.39 is 17.4 Å². The van der Waals surface area contributed by atoms with Crippen molar-refractivity contribution >= 4 is 3.81 Å². The van der Waals surface area contributed by atoms with Gasteiger partial charge in [-0.25, -0.2) is 0 Å². The molecule has 0 nitrogen and oxygen atoms in total. The van der Waals surface area contributed by atoms with Crippen LogP contribution in [0.3, 0.4) is 0 Å². The molecule has 0 unspecified atom stereocenters. The molecule has 0 heterocycles. The first-order valence-corrected chi connectivity index (χ1v) is 13.0. The number of fused-ring (bicyclic) bond motifs is 3. The molecule has 2 aromatic rings. The summed E-state index contributed by atoms with van der Waals surface area (Å²) < 4.78 is 4.44. The molecule has 0 aromatic heterocycles. The van der Waals surface area contributed by atoms with E-state index >= 15 is 0 Å². The van der Waals surface area contributed by atoms with E-state index in [0.29, 0.717) is 4.22 Å². The molecular weight excluding hydrogens is 360 g/mol. The fourth-order valence-electron chi connectivity index (χ4n) is 5.30. The zero-order chi connectivity index (χ0) is 18.4. The Morgan fingerprint density at radius 3 is 2.00 bits per heavy atom. The Morgan fingerprint density at radius 2 is 1.44 bits per heavy atom. The summed E-state index contributed by atoms with van der Waals surface area (Å²) in [5, 5.41) is 0. The van der Waals surface area contributed by atoms with Gasteiger partial charge in [-0.1, -0.05) is 0 Å². The monoisotopic (exact) mass is 388 g/mol. The molecule has 3 aliphatic rings. The molecule has 0 spiro atoms. The van der Waals surface area contributed by atoms with Crippen molar-refractivity contribution < 1.29 is 17.4 Å². The third kappa shape index (κ3) is 3.08. The Balaban J connectivity index is 1.75. The second-order valence-electron chi connectivity index (χ2n) is 8.52. The summed E-state index contributed by atoms with van der Waals surface area (Å²) in [5.74, 6) is 0. The van der Waals surface area contributed by atoms with Crippen molar-refractivity contribution in [2.75, 3.05) is 0 Å². The van der Waals surface area contributed by atoms with Gasteiger partial charge in [0, 0.05) is 0 Å². The van der Waals surface area contributed by atoms with Gasteiger partial charge in [-0.15, -0.1) is 0 Å². The van der Waals surface area contributed by atoms with Gasteiger partial charge < -0.3 is 0 Å². The number of aryl methyl sites for hydroxylation is 2. The van der Waals surface area contributed by atoms with Crippen LogP contribution in [0.1, 0.15) is 65.0 Å². The van der Waals surface area contributed by atoms with E-state index in [1.54, 1.807) is 15.0 Å². The Kier molecular flexibility index (Phi) is 4.66. The van der Waals surface area contributed by atoms with Crippen LogP contribution >= 0.6 is 0 Å². The topological polar surface area (TPSA) is 0 Å². The molecule has 0 saturated heterocycles. The van der Waals surface area contributed by atoms with Crippen LogP contribution in [0.25, 0.3) is 11.1 Å². The molecule has 0 bridgehead atoms. The van der Waals surface area contributed by atoms with Gasteiger partial charge in [0.25, 0.3) is 0 Å². The summed E-state index contributed by atoms with van der Waals surface area (Å²) >= 11 is -1.57. The van der Waals surface area contributed by atoms with Crippen molar-refractivity contribution in [2.45, 2.75) is 56.6 Å². The number of rotatable bonds is 2. The number of hydrogen-bond acceptors (Lipinski definition) is 0. The first-order valence-electron chi connectivity index (χ1n) is 10.5. The molecule has 0 amide bonds. The molecule has 1 fully saturated rings. The van der Waals surface area contributed by atoms with E-state index in [4.69, 9.17) is 0 Å². The standard InChI is InChI=1S/C15H13.C6H10.C5H5.Ti/c1-10-3-5-12-9-13-6-4-11(2)8-15(13)14(12)7-10;1-2-4-6-5-3-1;1-2-4-5-3-1;/h3-9H,1-2H3;1-5H2;1-3H,4H2;. The predicted octanol–water partition coefficient (Wildman–Crippen LogP) is 6.97. The first kappa shape index (κ1) is 17.6. The molecule has 0 N–H and O–H groups in total. The Morgan fingerprint density at radius 1 is 0.815 bits per heavy atom. The van der Waals surface area contributed by atoms with Crippen LogP contribution in [-0.2, 0) is 17.4 Å². The van der Waals surface area contributed by atoms with Gasteiger partial charge in [-0.2, -0.15) is 0 Å². The SMILES string of the molecule is Cc1ccc2c(c1)-c1cc(C)ccc1[CH]2[Ti]([C]1=CC=CC1)=[C]1CCCCC1. The van der Waals surface area contributed by atoms with E-state index in [-0.39, 0.29) is 0 Å². The molecule has 3 aliphatic carbocycles. The van der Waals surface area contributed by atoms with E-state index in [0.717, 1.165) is 0 Å². The maximum atomic E-state index is 2.48. The molecule has 2 aromatic carbocycles. The minimum absolute atomic E-state index is 0.662. The van der Waals surface area contributed by atoms with Gasteiger partial charge in [0.15, 0.2) is 0 Å². The molecule has 5 rings (SSSR count). The second-order valence-corrected chi connectivity index (χ2v) is 12.8. The quantitative estimate of drug-likeness (QED) is 0.487.